The van der Waals surface area contributed by atoms with Crippen LogP contribution in [0.15, 0.2) is 48.5 Å². The lowest BCUT2D eigenvalue weighted by atomic mass is 10.1. The van der Waals surface area contributed by atoms with Crippen LogP contribution in [0.2, 0.25) is 5.02 Å². The van der Waals surface area contributed by atoms with E-state index in [-0.39, 0.29) is 23.0 Å². The van der Waals surface area contributed by atoms with Gasteiger partial charge in [0.2, 0.25) is 5.91 Å². The second-order valence-electron chi connectivity index (χ2n) is 6.97. The van der Waals surface area contributed by atoms with Gasteiger partial charge in [-0.15, -0.1) is 11.8 Å². The van der Waals surface area contributed by atoms with Gasteiger partial charge in [0, 0.05) is 22.9 Å². The Kier molecular flexibility index (Phi) is 7.56. The van der Waals surface area contributed by atoms with Gasteiger partial charge < -0.3 is 10.2 Å². The molecule has 154 valence electrons. The van der Waals surface area contributed by atoms with Crippen molar-refractivity contribution >= 4 is 35.2 Å². The molecule has 1 saturated heterocycles. The molecule has 7 heteroatoms. The highest BCUT2D eigenvalue weighted by Crippen LogP contribution is 2.42. The molecule has 0 aromatic heterocycles. The van der Waals surface area contributed by atoms with E-state index in [1.807, 2.05) is 0 Å². The van der Waals surface area contributed by atoms with Crippen molar-refractivity contribution in [1.82, 2.24) is 10.2 Å². The van der Waals surface area contributed by atoms with Gasteiger partial charge in [0.25, 0.3) is 5.91 Å². The zero-order valence-electron chi connectivity index (χ0n) is 16.2. The summed E-state index contributed by atoms with van der Waals surface area (Å²) in [5, 5.41) is 3.14. The van der Waals surface area contributed by atoms with E-state index >= 15 is 0 Å². The molecule has 0 saturated carbocycles. The Labute approximate surface area is 179 Å². The molecule has 0 bridgehead atoms. The van der Waals surface area contributed by atoms with E-state index in [9.17, 15) is 14.0 Å². The summed E-state index contributed by atoms with van der Waals surface area (Å²) in [6.45, 7) is 2.70. The van der Waals surface area contributed by atoms with Crippen molar-refractivity contribution in [3.63, 3.8) is 0 Å². The fourth-order valence-electron chi connectivity index (χ4n) is 3.29. The van der Waals surface area contributed by atoms with E-state index < -0.39 is 6.04 Å². The van der Waals surface area contributed by atoms with Crippen molar-refractivity contribution in [2.75, 3.05) is 12.3 Å². The molecule has 2 aromatic rings. The molecule has 2 unspecified atom stereocenters. The smallest absolute Gasteiger partial charge is 0.255 e. The van der Waals surface area contributed by atoms with Gasteiger partial charge in [-0.1, -0.05) is 43.5 Å². The molecule has 3 rings (SSSR count). The number of amides is 2. The molecule has 2 aromatic carbocycles. The highest BCUT2D eigenvalue weighted by Gasteiger charge is 2.42. The maximum Gasteiger partial charge on any atom is 0.255 e. The molecule has 0 aliphatic carbocycles. The summed E-state index contributed by atoms with van der Waals surface area (Å²) >= 11 is 7.46. The second-order valence-corrected chi connectivity index (χ2v) is 8.52. The number of nitrogens with zero attached hydrogens (tertiary/aromatic N) is 1. The minimum absolute atomic E-state index is 0.152. The fraction of sp³-hybridized carbons (Fsp3) is 0.364. The first-order valence-electron chi connectivity index (χ1n) is 9.74. The molecule has 1 fully saturated rings. The Balaban J connectivity index is 1.85. The third-order valence-corrected chi connectivity index (χ3v) is 6.44. The summed E-state index contributed by atoms with van der Waals surface area (Å²) in [4.78, 5) is 27.8. The van der Waals surface area contributed by atoms with Crippen molar-refractivity contribution in [2.45, 2.75) is 37.6 Å². The second kappa shape index (κ2) is 10.1. The summed E-state index contributed by atoms with van der Waals surface area (Å²) in [6, 6.07) is 12.1. The topological polar surface area (TPSA) is 49.4 Å². The minimum atomic E-state index is -0.583. The van der Waals surface area contributed by atoms with Crippen LogP contribution in [-0.4, -0.2) is 35.1 Å². The molecular formula is C22H24ClFN2O2S. The highest BCUT2D eigenvalue weighted by atomic mass is 35.5. The van der Waals surface area contributed by atoms with Crippen LogP contribution in [0.4, 0.5) is 4.39 Å². The van der Waals surface area contributed by atoms with Crippen molar-refractivity contribution in [3.05, 3.63) is 70.5 Å². The average molecular weight is 435 g/mol. The predicted molar refractivity (Wildman–Crippen MR) is 116 cm³/mol. The number of thioether (sulfide) groups is 1. The molecule has 1 heterocycles. The number of carbonyl (C=O) groups excluding carboxylic acids is 2. The Morgan fingerprint density at radius 3 is 2.48 bits per heavy atom. The van der Waals surface area contributed by atoms with Gasteiger partial charge in [-0.3, -0.25) is 9.59 Å². The largest absolute Gasteiger partial charge is 0.354 e. The Morgan fingerprint density at radius 1 is 1.14 bits per heavy atom. The number of rotatable bonds is 7. The number of benzene rings is 2. The number of unbranched alkanes of at least 4 members (excludes halogenated alkanes) is 2. The summed E-state index contributed by atoms with van der Waals surface area (Å²) in [5.41, 5.74) is 1.26. The van der Waals surface area contributed by atoms with E-state index in [2.05, 4.69) is 12.2 Å². The highest BCUT2D eigenvalue weighted by molar-refractivity contribution is 7.99. The zero-order chi connectivity index (χ0) is 20.8. The number of nitrogens with one attached hydrogen (secondary N) is 1. The molecule has 29 heavy (non-hydrogen) atoms. The van der Waals surface area contributed by atoms with Crippen molar-refractivity contribution in [2.24, 2.45) is 0 Å². The van der Waals surface area contributed by atoms with Gasteiger partial charge in [-0.25, -0.2) is 4.39 Å². The van der Waals surface area contributed by atoms with Crippen molar-refractivity contribution in [1.29, 1.82) is 0 Å². The molecule has 1 N–H and O–H groups in total. The quantitative estimate of drug-likeness (QED) is 0.621. The summed E-state index contributed by atoms with van der Waals surface area (Å²) in [7, 11) is 0. The third-order valence-electron chi connectivity index (χ3n) is 4.86. The molecule has 0 spiro atoms. The standard InChI is InChI=1S/C22H24ClFN2O2S/c1-2-3-4-13-25-20(27)19-14-29-22(16-7-11-18(24)12-8-16)26(19)21(28)15-5-9-17(23)10-6-15/h5-12,19,22H,2-4,13-14H2,1H3,(H,25,27). The maximum atomic E-state index is 13.4. The number of halogens is 2. The van der Waals surface area contributed by atoms with E-state index in [4.69, 9.17) is 11.6 Å². The lowest BCUT2D eigenvalue weighted by molar-refractivity contribution is -0.124. The first kappa shape index (κ1) is 21.7. The Morgan fingerprint density at radius 2 is 1.83 bits per heavy atom. The number of hydrogen-bond acceptors (Lipinski definition) is 3. The van der Waals surface area contributed by atoms with E-state index in [1.54, 1.807) is 41.3 Å². The van der Waals surface area contributed by atoms with Gasteiger partial charge in [0.1, 0.15) is 17.2 Å². The van der Waals surface area contributed by atoms with Crippen LogP contribution in [0.1, 0.15) is 47.5 Å². The van der Waals surface area contributed by atoms with Gasteiger partial charge in [0.15, 0.2) is 0 Å². The molecular weight excluding hydrogens is 411 g/mol. The van der Waals surface area contributed by atoms with Crippen LogP contribution in [0, 0.1) is 5.82 Å². The van der Waals surface area contributed by atoms with Gasteiger partial charge >= 0.3 is 0 Å². The summed E-state index contributed by atoms with van der Waals surface area (Å²) in [5.74, 6) is -0.242. The fourth-order valence-corrected chi connectivity index (χ4v) is 4.84. The first-order chi connectivity index (χ1) is 14.0. The van der Waals surface area contributed by atoms with Crippen molar-refractivity contribution < 1.29 is 14.0 Å². The average Bonchev–Trinajstić information content (AvgIpc) is 3.17. The van der Waals surface area contributed by atoms with Gasteiger partial charge in [-0.2, -0.15) is 0 Å². The number of hydrogen-bond donors (Lipinski definition) is 1. The van der Waals surface area contributed by atoms with Crippen LogP contribution in [0.5, 0.6) is 0 Å². The minimum Gasteiger partial charge on any atom is -0.354 e. The van der Waals surface area contributed by atoms with E-state index in [0.717, 1.165) is 24.8 Å². The SMILES string of the molecule is CCCCCNC(=O)C1CSC(c2ccc(F)cc2)N1C(=O)c1ccc(Cl)cc1. The number of carbonyl (C=O) groups is 2. The van der Waals surface area contributed by atoms with Crippen LogP contribution >= 0.6 is 23.4 Å². The lowest BCUT2D eigenvalue weighted by Crippen LogP contribution is -2.48. The Bertz CT molecular complexity index is 845. The molecule has 0 radical (unpaired) electrons. The van der Waals surface area contributed by atoms with Crippen molar-refractivity contribution in [3.8, 4) is 0 Å². The van der Waals surface area contributed by atoms with Crippen LogP contribution < -0.4 is 5.32 Å². The molecule has 2 amide bonds. The molecule has 1 aliphatic heterocycles. The van der Waals surface area contributed by atoms with E-state index in [0.29, 0.717) is 22.9 Å². The normalized spacial score (nSPS) is 18.7. The zero-order valence-corrected chi connectivity index (χ0v) is 17.8. The first-order valence-corrected chi connectivity index (χ1v) is 11.2. The van der Waals surface area contributed by atoms with Gasteiger partial charge in [-0.05, 0) is 48.4 Å². The lowest BCUT2D eigenvalue weighted by Gasteiger charge is -2.29. The molecule has 2 atom stereocenters. The summed E-state index contributed by atoms with van der Waals surface area (Å²) < 4.78 is 13.4. The molecule has 1 aliphatic rings. The third kappa shape index (κ3) is 5.31. The molecule has 4 nitrogen and oxygen atoms in total. The van der Waals surface area contributed by atoms with Gasteiger partial charge in [0.05, 0.1) is 0 Å². The summed E-state index contributed by atoms with van der Waals surface area (Å²) in [6.07, 6.45) is 3.03. The maximum absolute atomic E-state index is 13.4. The van der Waals surface area contributed by atoms with Crippen LogP contribution in [-0.2, 0) is 4.79 Å². The Hall–Kier alpha value is -2.05. The van der Waals surface area contributed by atoms with E-state index in [1.165, 1.54) is 23.9 Å². The van der Waals surface area contributed by atoms with Crippen LogP contribution in [0.3, 0.4) is 0 Å². The predicted octanol–water partition coefficient (Wildman–Crippen LogP) is 5.04. The monoisotopic (exact) mass is 434 g/mol. The van der Waals surface area contributed by atoms with Crippen LogP contribution in [0.25, 0.3) is 0 Å².